The van der Waals surface area contributed by atoms with Crippen LogP contribution in [0, 0.1) is 0 Å². The van der Waals surface area contributed by atoms with Gasteiger partial charge in [0.25, 0.3) is 5.91 Å². The lowest BCUT2D eigenvalue weighted by Crippen LogP contribution is -2.41. The van der Waals surface area contributed by atoms with Crippen LogP contribution in [0.4, 0.5) is 0 Å². The molecule has 1 aliphatic rings. The van der Waals surface area contributed by atoms with Crippen LogP contribution in [0.15, 0.2) is 61.1 Å². The molecule has 5 heteroatoms. The second-order valence-corrected chi connectivity index (χ2v) is 6.61. The van der Waals surface area contributed by atoms with E-state index in [9.17, 15) is 4.79 Å². The van der Waals surface area contributed by atoms with E-state index in [1.165, 1.54) is 5.39 Å². The number of pyridine rings is 2. The SMILES string of the molecule is O=C(COc1cccnc1)N1CCCC(c2cc3ccccc3cn2)C1. The monoisotopic (exact) mass is 347 g/mol. The number of amides is 1. The van der Waals surface area contributed by atoms with Crippen LogP contribution in [-0.4, -0.2) is 40.5 Å². The number of ether oxygens (including phenoxy) is 1. The molecule has 26 heavy (non-hydrogen) atoms. The molecule has 0 radical (unpaired) electrons. The van der Waals surface area contributed by atoms with Crippen molar-refractivity contribution in [3.8, 4) is 5.75 Å². The van der Waals surface area contributed by atoms with Gasteiger partial charge in [-0.05, 0) is 36.4 Å². The first kappa shape index (κ1) is 16.5. The summed E-state index contributed by atoms with van der Waals surface area (Å²) in [6, 6.07) is 14.0. The molecule has 0 aliphatic carbocycles. The Labute approximate surface area is 152 Å². The highest BCUT2D eigenvalue weighted by Crippen LogP contribution is 2.27. The quantitative estimate of drug-likeness (QED) is 0.726. The van der Waals surface area contributed by atoms with Crippen LogP contribution in [0.5, 0.6) is 5.75 Å². The number of benzene rings is 1. The summed E-state index contributed by atoms with van der Waals surface area (Å²) in [6.45, 7) is 1.52. The second-order valence-electron chi connectivity index (χ2n) is 6.61. The predicted molar refractivity (Wildman–Crippen MR) is 100 cm³/mol. The molecule has 1 saturated heterocycles. The van der Waals surface area contributed by atoms with Gasteiger partial charge in [-0.3, -0.25) is 14.8 Å². The summed E-state index contributed by atoms with van der Waals surface area (Å²) >= 11 is 0. The summed E-state index contributed by atoms with van der Waals surface area (Å²) < 4.78 is 5.55. The molecule has 0 saturated carbocycles. The lowest BCUT2D eigenvalue weighted by molar-refractivity contribution is -0.134. The van der Waals surface area contributed by atoms with E-state index in [4.69, 9.17) is 4.74 Å². The van der Waals surface area contributed by atoms with Crippen LogP contribution in [-0.2, 0) is 4.79 Å². The molecule has 3 aromatic rings. The number of piperidine rings is 1. The van der Waals surface area contributed by atoms with Gasteiger partial charge < -0.3 is 9.64 Å². The summed E-state index contributed by atoms with van der Waals surface area (Å²) in [5.74, 6) is 0.903. The number of hydrogen-bond donors (Lipinski definition) is 0. The third kappa shape index (κ3) is 3.67. The van der Waals surface area contributed by atoms with Crippen molar-refractivity contribution in [1.29, 1.82) is 0 Å². The largest absolute Gasteiger partial charge is 0.482 e. The Morgan fingerprint density at radius 1 is 1.15 bits per heavy atom. The number of hydrogen-bond acceptors (Lipinski definition) is 4. The fraction of sp³-hybridized carbons (Fsp3) is 0.286. The Hall–Kier alpha value is -2.95. The molecule has 2 aromatic heterocycles. The Balaban J connectivity index is 1.42. The maximum Gasteiger partial charge on any atom is 0.260 e. The molecule has 0 N–H and O–H groups in total. The fourth-order valence-electron chi connectivity index (χ4n) is 3.44. The van der Waals surface area contributed by atoms with Crippen LogP contribution in [0.2, 0.25) is 0 Å². The van der Waals surface area contributed by atoms with Crippen molar-refractivity contribution >= 4 is 16.7 Å². The zero-order valence-corrected chi connectivity index (χ0v) is 14.5. The number of carbonyl (C=O) groups excluding carboxylic acids is 1. The van der Waals surface area contributed by atoms with Gasteiger partial charge in [0.15, 0.2) is 6.61 Å². The Morgan fingerprint density at radius 3 is 2.88 bits per heavy atom. The smallest absolute Gasteiger partial charge is 0.260 e. The van der Waals surface area contributed by atoms with Gasteiger partial charge in [-0.15, -0.1) is 0 Å². The molecule has 1 aromatic carbocycles. The highest BCUT2D eigenvalue weighted by molar-refractivity contribution is 5.82. The number of likely N-dealkylation sites (tertiary alicyclic amines) is 1. The van der Waals surface area contributed by atoms with Crippen molar-refractivity contribution in [2.75, 3.05) is 19.7 Å². The molecule has 3 heterocycles. The summed E-state index contributed by atoms with van der Waals surface area (Å²) in [7, 11) is 0. The Kier molecular flexibility index (Phi) is 4.78. The van der Waals surface area contributed by atoms with E-state index in [0.717, 1.165) is 30.5 Å². The Bertz CT molecular complexity index is 898. The van der Waals surface area contributed by atoms with Gasteiger partial charge >= 0.3 is 0 Å². The van der Waals surface area contributed by atoms with E-state index >= 15 is 0 Å². The van der Waals surface area contributed by atoms with Crippen LogP contribution >= 0.6 is 0 Å². The van der Waals surface area contributed by atoms with E-state index in [1.54, 1.807) is 24.5 Å². The van der Waals surface area contributed by atoms with Gasteiger partial charge in [0.1, 0.15) is 5.75 Å². The Morgan fingerprint density at radius 2 is 2.04 bits per heavy atom. The van der Waals surface area contributed by atoms with Crippen molar-refractivity contribution < 1.29 is 9.53 Å². The van der Waals surface area contributed by atoms with Crippen molar-refractivity contribution in [2.24, 2.45) is 0 Å². The normalized spacial score (nSPS) is 17.2. The molecule has 1 amide bonds. The third-order valence-electron chi connectivity index (χ3n) is 4.84. The molecule has 1 fully saturated rings. The summed E-state index contributed by atoms with van der Waals surface area (Å²) in [4.78, 5) is 23.0. The minimum absolute atomic E-state index is 0.0133. The number of nitrogens with zero attached hydrogens (tertiary/aromatic N) is 3. The zero-order chi connectivity index (χ0) is 17.8. The van der Waals surface area contributed by atoms with Crippen LogP contribution in [0.1, 0.15) is 24.5 Å². The van der Waals surface area contributed by atoms with E-state index < -0.39 is 0 Å². The van der Waals surface area contributed by atoms with Gasteiger partial charge in [-0.2, -0.15) is 0 Å². The molecule has 132 valence electrons. The molecular formula is C21H21N3O2. The van der Waals surface area contributed by atoms with Crippen molar-refractivity contribution in [3.63, 3.8) is 0 Å². The number of aromatic nitrogens is 2. The van der Waals surface area contributed by atoms with Gasteiger partial charge in [0.05, 0.1) is 6.20 Å². The van der Waals surface area contributed by atoms with E-state index in [0.29, 0.717) is 12.3 Å². The number of carbonyl (C=O) groups is 1. The maximum atomic E-state index is 12.5. The van der Waals surface area contributed by atoms with Gasteiger partial charge in [0.2, 0.25) is 0 Å². The highest BCUT2D eigenvalue weighted by Gasteiger charge is 2.26. The number of rotatable bonds is 4. The first-order valence-corrected chi connectivity index (χ1v) is 8.95. The standard InChI is InChI=1S/C21H21N3O2/c25-21(15-26-19-8-3-9-22-13-19)24-10-4-7-18(14-24)20-11-16-5-1-2-6-17(16)12-23-20/h1-3,5-6,8-9,11-13,18H,4,7,10,14-15H2. The molecule has 1 aliphatic heterocycles. The van der Waals surface area contributed by atoms with Gasteiger partial charge in [0, 0.05) is 42.5 Å². The van der Waals surface area contributed by atoms with E-state index in [2.05, 4.69) is 28.2 Å². The molecule has 4 rings (SSSR count). The van der Waals surface area contributed by atoms with Crippen molar-refractivity contribution in [1.82, 2.24) is 14.9 Å². The van der Waals surface area contributed by atoms with Crippen LogP contribution in [0.25, 0.3) is 10.8 Å². The highest BCUT2D eigenvalue weighted by atomic mass is 16.5. The topological polar surface area (TPSA) is 55.3 Å². The summed E-state index contributed by atoms with van der Waals surface area (Å²) in [5.41, 5.74) is 1.06. The summed E-state index contributed by atoms with van der Waals surface area (Å²) in [6.07, 6.45) is 7.26. The second kappa shape index (κ2) is 7.52. The number of fused-ring (bicyclic) bond motifs is 1. The molecule has 0 spiro atoms. The maximum absolute atomic E-state index is 12.5. The van der Waals surface area contributed by atoms with Gasteiger partial charge in [-0.1, -0.05) is 24.3 Å². The van der Waals surface area contributed by atoms with Crippen LogP contribution < -0.4 is 4.74 Å². The molecular weight excluding hydrogens is 326 g/mol. The van der Waals surface area contributed by atoms with Gasteiger partial charge in [-0.25, -0.2) is 0 Å². The fourth-order valence-corrected chi connectivity index (χ4v) is 3.44. The third-order valence-corrected chi connectivity index (χ3v) is 4.84. The molecule has 1 atom stereocenters. The average molecular weight is 347 g/mol. The average Bonchev–Trinajstić information content (AvgIpc) is 2.72. The van der Waals surface area contributed by atoms with E-state index in [1.807, 2.05) is 23.2 Å². The minimum Gasteiger partial charge on any atom is -0.482 e. The summed E-state index contributed by atoms with van der Waals surface area (Å²) in [5, 5.41) is 2.34. The predicted octanol–water partition coefficient (Wildman–Crippen LogP) is 3.41. The molecule has 1 unspecified atom stereocenters. The first-order valence-electron chi connectivity index (χ1n) is 8.95. The lowest BCUT2D eigenvalue weighted by atomic mass is 9.93. The molecule has 0 bridgehead atoms. The van der Waals surface area contributed by atoms with Crippen molar-refractivity contribution in [2.45, 2.75) is 18.8 Å². The molecule has 5 nitrogen and oxygen atoms in total. The lowest BCUT2D eigenvalue weighted by Gasteiger charge is -2.32. The van der Waals surface area contributed by atoms with Crippen molar-refractivity contribution in [3.05, 3.63) is 66.7 Å². The first-order chi connectivity index (χ1) is 12.8. The van der Waals surface area contributed by atoms with E-state index in [-0.39, 0.29) is 18.4 Å². The van der Waals surface area contributed by atoms with Crippen LogP contribution in [0.3, 0.4) is 0 Å². The zero-order valence-electron chi connectivity index (χ0n) is 14.5. The minimum atomic E-state index is 0.0133.